The summed E-state index contributed by atoms with van der Waals surface area (Å²) in [6.45, 7) is 1.52. The average molecular weight is 235 g/mol. The minimum Gasteiger partial charge on any atom is -0.506 e. The Hall–Kier alpha value is -1.95. The maximum absolute atomic E-state index is 11.1. The van der Waals surface area contributed by atoms with Crippen molar-refractivity contribution in [1.82, 2.24) is 4.98 Å². The molecule has 0 aliphatic carbocycles. The summed E-state index contributed by atoms with van der Waals surface area (Å²) in [5.74, 6) is -0.688. The van der Waals surface area contributed by atoms with Crippen molar-refractivity contribution in [2.45, 2.75) is 25.0 Å². The molecule has 17 heavy (non-hydrogen) atoms. The monoisotopic (exact) mass is 235 g/mol. The fourth-order valence-electron chi connectivity index (χ4n) is 1.87. The summed E-state index contributed by atoms with van der Waals surface area (Å²) in [6, 6.07) is 2.23. The number of carbonyl (C=O) groups is 1. The van der Waals surface area contributed by atoms with Crippen LogP contribution in [-0.4, -0.2) is 38.5 Å². The van der Waals surface area contributed by atoms with E-state index in [1.807, 2.05) is 0 Å². The molecule has 0 radical (unpaired) electrons. The summed E-state index contributed by atoms with van der Waals surface area (Å²) in [5.41, 5.74) is 4.22. The van der Waals surface area contributed by atoms with Gasteiger partial charge < -0.3 is 15.9 Å². The standard InChI is InChI=1S/C11H13N3O3/c1-11(17)5-6(10(12)16)14-9(11)8-7(15)3-2-4-13-8/h2-4,6,15,17H,5H2,1H3,(H2,12,16)/t6-,11+/m1/s1. The van der Waals surface area contributed by atoms with Gasteiger partial charge in [0, 0.05) is 12.6 Å². The Morgan fingerprint density at radius 1 is 1.65 bits per heavy atom. The fourth-order valence-corrected chi connectivity index (χ4v) is 1.87. The summed E-state index contributed by atoms with van der Waals surface area (Å²) in [6.07, 6.45) is 1.58. The maximum atomic E-state index is 11.1. The zero-order valence-electron chi connectivity index (χ0n) is 9.29. The number of nitrogens with zero attached hydrogens (tertiary/aromatic N) is 2. The first kappa shape index (κ1) is 11.5. The summed E-state index contributed by atoms with van der Waals surface area (Å²) in [7, 11) is 0. The van der Waals surface area contributed by atoms with E-state index in [2.05, 4.69) is 9.98 Å². The molecule has 2 rings (SSSR count). The Labute approximate surface area is 97.8 Å². The lowest BCUT2D eigenvalue weighted by Crippen LogP contribution is -2.35. The van der Waals surface area contributed by atoms with Gasteiger partial charge in [-0.15, -0.1) is 0 Å². The zero-order chi connectivity index (χ0) is 12.6. The van der Waals surface area contributed by atoms with E-state index in [0.29, 0.717) is 0 Å². The van der Waals surface area contributed by atoms with Crippen LogP contribution in [0.4, 0.5) is 0 Å². The molecule has 0 saturated carbocycles. The Balaban J connectivity index is 2.47. The number of primary amides is 1. The van der Waals surface area contributed by atoms with Gasteiger partial charge in [-0.1, -0.05) is 0 Å². The minimum atomic E-state index is -1.31. The van der Waals surface area contributed by atoms with E-state index in [9.17, 15) is 15.0 Å². The van der Waals surface area contributed by atoms with Gasteiger partial charge >= 0.3 is 0 Å². The predicted octanol–water partition coefficient (Wildman–Crippen LogP) is -0.415. The third-order valence-electron chi connectivity index (χ3n) is 2.73. The third kappa shape index (κ3) is 1.99. The number of carbonyl (C=O) groups excluding carboxylic acids is 1. The molecule has 0 aromatic carbocycles. The highest BCUT2D eigenvalue weighted by atomic mass is 16.3. The largest absolute Gasteiger partial charge is 0.506 e. The second kappa shape index (κ2) is 3.81. The number of hydrogen-bond donors (Lipinski definition) is 3. The highest BCUT2D eigenvalue weighted by Crippen LogP contribution is 2.30. The quantitative estimate of drug-likeness (QED) is 0.647. The van der Waals surface area contributed by atoms with Crippen molar-refractivity contribution < 1.29 is 15.0 Å². The van der Waals surface area contributed by atoms with E-state index in [1.54, 1.807) is 6.07 Å². The predicted molar refractivity (Wildman–Crippen MR) is 60.7 cm³/mol. The molecule has 1 aromatic rings. The SMILES string of the molecule is C[C@]1(O)C[C@H](C(N)=O)N=C1c1ncccc1O. The van der Waals surface area contributed by atoms with E-state index in [4.69, 9.17) is 5.73 Å². The van der Waals surface area contributed by atoms with Crippen LogP contribution in [0.5, 0.6) is 5.75 Å². The highest BCUT2D eigenvalue weighted by Gasteiger charge is 2.41. The lowest BCUT2D eigenvalue weighted by Gasteiger charge is -2.19. The second-order valence-corrected chi connectivity index (χ2v) is 4.24. The average Bonchev–Trinajstić information content (AvgIpc) is 2.55. The van der Waals surface area contributed by atoms with Crippen molar-refractivity contribution in [2.24, 2.45) is 10.7 Å². The fraction of sp³-hybridized carbons (Fsp3) is 0.364. The van der Waals surface area contributed by atoms with Gasteiger partial charge in [0.25, 0.3) is 0 Å². The van der Waals surface area contributed by atoms with Crippen LogP contribution in [0.15, 0.2) is 23.3 Å². The van der Waals surface area contributed by atoms with Crippen molar-refractivity contribution in [1.29, 1.82) is 0 Å². The van der Waals surface area contributed by atoms with E-state index in [0.717, 1.165) is 0 Å². The molecular formula is C11H13N3O3. The van der Waals surface area contributed by atoms with Crippen molar-refractivity contribution >= 4 is 11.6 Å². The molecule has 0 fully saturated rings. The van der Waals surface area contributed by atoms with Crippen LogP contribution in [0.25, 0.3) is 0 Å². The molecule has 4 N–H and O–H groups in total. The van der Waals surface area contributed by atoms with Gasteiger partial charge in [0.05, 0.1) is 5.71 Å². The zero-order valence-corrected chi connectivity index (χ0v) is 9.29. The minimum absolute atomic E-state index is 0.0864. The highest BCUT2D eigenvalue weighted by molar-refractivity contribution is 6.09. The summed E-state index contributed by atoms with van der Waals surface area (Å²) >= 11 is 0. The molecule has 0 unspecified atom stereocenters. The molecule has 6 heteroatoms. The number of rotatable bonds is 2. The van der Waals surface area contributed by atoms with Crippen LogP contribution >= 0.6 is 0 Å². The van der Waals surface area contributed by atoms with Gasteiger partial charge in [0.2, 0.25) is 5.91 Å². The van der Waals surface area contributed by atoms with E-state index >= 15 is 0 Å². The smallest absolute Gasteiger partial charge is 0.242 e. The number of aromatic hydroxyl groups is 1. The molecule has 2 heterocycles. The van der Waals surface area contributed by atoms with Crippen LogP contribution in [0.3, 0.4) is 0 Å². The van der Waals surface area contributed by atoms with E-state index in [1.165, 1.54) is 19.2 Å². The second-order valence-electron chi connectivity index (χ2n) is 4.24. The van der Waals surface area contributed by atoms with E-state index in [-0.39, 0.29) is 23.6 Å². The van der Waals surface area contributed by atoms with Gasteiger partial charge in [-0.05, 0) is 19.1 Å². The molecule has 2 atom stereocenters. The Morgan fingerprint density at radius 3 is 2.88 bits per heavy atom. The third-order valence-corrected chi connectivity index (χ3v) is 2.73. The van der Waals surface area contributed by atoms with Crippen LogP contribution in [0.1, 0.15) is 19.0 Å². The van der Waals surface area contributed by atoms with Gasteiger partial charge in [-0.25, -0.2) is 0 Å². The lowest BCUT2D eigenvalue weighted by atomic mass is 9.93. The molecule has 90 valence electrons. The summed E-state index contributed by atoms with van der Waals surface area (Å²) < 4.78 is 0. The van der Waals surface area contributed by atoms with Gasteiger partial charge in [-0.3, -0.25) is 14.8 Å². The van der Waals surface area contributed by atoms with Crippen LogP contribution in [0.2, 0.25) is 0 Å². The van der Waals surface area contributed by atoms with Gasteiger partial charge in [-0.2, -0.15) is 0 Å². The van der Waals surface area contributed by atoms with E-state index < -0.39 is 17.6 Å². The number of aliphatic imine (C=N–C) groups is 1. The summed E-state index contributed by atoms with van der Waals surface area (Å²) in [5, 5.41) is 19.8. The summed E-state index contributed by atoms with van der Waals surface area (Å²) in [4.78, 5) is 19.1. The molecule has 1 aromatic heterocycles. The number of aromatic nitrogens is 1. The first-order valence-electron chi connectivity index (χ1n) is 5.16. The maximum Gasteiger partial charge on any atom is 0.242 e. The molecular weight excluding hydrogens is 222 g/mol. The molecule has 1 amide bonds. The number of hydrogen-bond acceptors (Lipinski definition) is 5. The molecule has 1 aliphatic heterocycles. The van der Waals surface area contributed by atoms with Crippen molar-refractivity contribution in [2.75, 3.05) is 0 Å². The lowest BCUT2D eigenvalue weighted by molar-refractivity contribution is -0.119. The molecule has 0 bridgehead atoms. The first-order chi connectivity index (χ1) is 7.92. The van der Waals surface area contributed by atoms with Gasteiger partial charge in [0.1, 0.15) is 23.1 Å². The number of nitrogens with two attached hydrogens (primary N) is 1. The molecule has 1 aliphatic rings. The molecule has 0 saturated heterocycles. The topological polar surface area (TPSA) is 109 Å². The number of aliphatic hydroxyl groups is 1. The Bertz CT molecular complexity index is 496. The first-order valence-corrected chi connectivity index (χ1v) is 5.16. The van der Waals surface area contributed by atoms with Crippen molar-refractivity contribution in [3.8, 4) is 5.75 Å². The van der Waals surface area contributed by atoms with Crippen LogP contribution in [-0.2, 0) is 4.79 Å². The Kier molecular flexibility index (Phi) is 2.59. The van der Waals surface area contributed by atoms with Crippen LogP contribution in [0, 0.1) is 0 Å². The normalized spacial score (nSPS) is 27.9. The number of pyridine rings is 1. The molecule has 6 nitrogen and oxygen atoms in total. The number of amides is 1. The molecule has 0 spiro atoms. The van der Waals surface area contributed by atoms with Gasteiger partial charge in [0.15, 0.2) is 0 Å². The Morgan fingerprint density at radius 2 is 2.35 bits per heavy atom. The van der Waals surface area contributed by atoms with Crippen molar-refractivity contribution in [3.63, 3.8) is 0 Å². The van der Waals surface area contributed by atoms with Crippen LogP contribution < -0.4 is 5.73 Å². The van der Waals surface area contributed by atoms with Crippen molar-refractivity contribution in [3.05, 3.63) is 24.0 Å².